The van der Waals surface area contributed by atoms with Gasteiger partial charge in [-0.2, -0.15) is 0 Å². The van der Waals surface area contributed by atoms with Crippen molar-refractivity contribution in [3.05, 3.63) is 64.8 Å². The molecule has 0 unspecified atom stereocenters. The van der Waals surface area contributed by atoms with Gasteiger partial charge >= 0.3 is 0 Å². The first kappa shape index (κ1) is 16.9. The van der Waals surface area contributed by atoms with Crippen LogP contribution in [0.2, 0.25) is 0 Å². The van der Waals surface area contributed by atoms with Crippen LogP contribution in [0.3, 0.4) is 0 Å². The number of aryl methyl sites for hydroxylation is 1. The number of Topliss-reactive ketones (excluding diaryl/α,β-unsaturated/α-hetero) is 1. The Labute approximate surface area is 153 Å². The normalized spacial score (nSPS) is 14.1. The number of para-hydroxylation sites is 1. The third-order valence-corrected chi connectivity index (χ3v) is 5.32. The number of ether oxygens (including phenoxy) is 1. The van der Waals surface area contributed by atoms with E-state index in [1.807, 2.05) is 31.2 Å². The number of rotatable bonds is 4. The summed E-state index contributed by atoms with van der Waals surface area (Å²) in [5, 5.41) is 4.46. The largest absolute Gasteiger partial charge is 0.485 e. The van der Waals surface area contributed by atoms with Crippen LogP contribution in [0.4, 0.5) is 0 Å². The van der Waals surface area contributed by atoms with Gasteiger partial charge in [0.2, 0.25) is 5.78 Å². The van der Waals surface area contributed by atoms with E-state index in [0.717, 1.165) is 59.5 Å². The topological polar surface area (TPSA) is 43.3 Å². The highest BCUT2D eigenvalue weighted by molar-refractivity contribution is 6.10. The van der Waals surface area contributed by atoms with E-state index >= 15 is 0 Å². The van der Waals surface area contributed by atoms with Gasteiger partial charge in [-0.15, -0.1) is 0 Å². The van der Waals surface area contributed by atoms with E-state index < -0.39 is 0 Å². The highest BCUT2D eigenvalue weighted by Crippen LogP contribution is 2.28. The molecule has 1 N–H and O–H groups in total. The summed E-state index contributed by atoms with van der Waals surface area (Å²) in [6.45, 7) is 6.87. The number of carbonyl (C=O) groups is 1. The fraction of sp³-hybridized carbons (Fsp3) is 0.318. The summed E-state index contributed by atoms with van der Waals surface area (Å²) in [5.74, 6) is 0.840. The van der Waals surface area contributed by atoms with Gasteiger partial charge in [0.1, 0.15) is 5.75 Å². The zero-order valence-electron chi connectivity index (χ0n) is 15.3. The molecule has 0 saturated heterocycles. The molecular formula is C22H24N2O2. The van der Waals surface area contributed by atoms with Crippen molar-refractivity contribution < 1.29 is 9.53 Å². The lowest BCUT2D eigenvalue weighted by molar-refractivity contribution is 0.0921. The quantitative estimate of drug-likeness (QED) is 0.732. The number of benzene rings is 2. The van der Waals surface area contributed by atoms with Crippen LogP contribution in [-0.2, 0) is 13.0 Å². The second-order valence-electron chi connectivity index (χ2n) is 6.90. The molecule has 1 aliphatic heterocycles. The molecule has 0 amide bonds. The number of hydrogen-bond donors (Lipinski definition) is 1. The number of ketones is 1. The van der Waals surface area contributed by atoms with Crippen molar-refractivity contribution in [1.82, 2.24) is 9.88 Å². The van der Waals surface area contributed by atoms with Crippen LogP contribution in [-0.4, -0.2) is 30.0 Å². The highest BCUT2D eigenvalue weighted by atomic mass is 16.5. The summed E-state index contributed by atoms with van der Waals surface area (Å²) in [7, 11) is 0. The molecule has 2 heterocycles. The molecule has 0 aliphatic carbocycles. The molecule has 26 heavy (non-hydrogen) atoms. The third kappa shape index (κ3) is 2.90. The monoisotopic (exact) mass is 348 g/mol. The molecule has 4 nitrogen and oxygen atoms in total. The predicted molar refractivity (Wildman–Crippen MR) is 104 cm³/mol. The fourth-order valence-corrected chi connectivity index (χ4v) is 3.80. The molecule has 0 bridgehead atoms. The maximum absolute atomic E-state index is 13.1. The molecule has 134 valence electrons. The van der Waals surface area contributed by atoms with Crippen molar-refractivity contribution in [2.24, 2.45) is 0 Å². The lowest BCUT2D eigenvalue weighted by Crippen LogP contribution is -2.18. The van der Waals surface area contributed by atoms with Crippen LogP contribution in [0.5, 0.6) is 5.75 Å². The van der Waals surface area contributed by atoms with Crippen molar-refractivity contribution in [1.29, 1.82) is 0 Å². The average Bonchev–Trinajstić information content (AvgIpc) is 2.79. The van der Waals surface area contributed by atoms with Gasteiger partial charge in [0.15, 0.2) is 6.61 Å². The van der Waals surface area contributed by atoms with Gasteiger partial charge in [-0.3, -0.25) is 4.79 Å². The van der Waals surface area contributed by atoms with Crippen LogP contribution in [0.15, 0.2) is 42.5 Å². The fourth-order valence-electron chi connectivity index (χ4n) is 3.80. The molecule has 0 atom stereocenters. The van der Waals surface area contributed by atoms with Gasteiger partial charge in [0.25, 0.3) is 0 Å². The molecule has 0 radical (unpaired) electrons. The summed E-state index contributed by atoms with van der Waals surface area (Å²) in [4.78, 5) is 13.1. The predicted octanol–water partition coefficient (Wildman–Crippen LogP) is 3.67. The smallest absolute Gasteiger partial charge is 0.202 e. The first-order chi connectivity index (χ1) is 12.7. The SMILES string of the molecule is Cc1cccc(OCC(=O)c2c3n(c4ccccc24)CCNCC3)c1C. The van der Waals surface area contributed by atoms with Crippen molar-refractivity contribution >= 4 is 16.7 Å². The summed E-state index contributed by atoms with van der Waals surface area (Å²) < 4.78 is 8.19. The molecule has 4 heteroatoms. The number of carbonyl (C=O) groups excluding carboxylic acids is 1. The maximum Gasteiger partial charge on any atom is 0.202 e. The number of nitrogens with one attached hydrogen (secondary N) is 1. The average molecular weight is 348 g/mol. The van der Waals surface area contributed by atoms with E-state index in [9.17, 15) is 4.79 Å². The third-order valence-electron chi connectivity index (χ3n) is 5.32. The van der Waals surface area contributed by atoms with Gasteiger partial charge in [-0.05, 0) is 37.1 Å². The molecule has 0 spiro atoms. The standard InChI is InChI=1S/C22H24N2O2/c1-15-6-5-9-21(16(15)2)26-14-20(25)22-17-7-3-4-8-18(17)24-13-12-23-11-10-19(22)24/h3-9,23H,10-14H2,1-2H3. The number of fused-ring (bicyclic) bond motifs is 3. The van der Waals surface area contributed by atoms with Crippen molar-refractivity contribution in [2.45, 2.75) is 26.8 Å². The Morgan fingerprint density at radius 3 is 2.85 bits per heavy atom. The molecular weight excluding hydrogens is 324 g/mol. The van der Waals surface area contributed by atoms with Crippen molar-refractivity contribution in [2.75, 3.05) is 19.7 Å². The summed E-state index contributed by atoms with van der Waals surface area (Å²) in [6, 6.07) is 14.1. The minimum atomic E-state index is 0.0535. The van der Waals surface area contributed by atoms with E-state index in [4.69, 9.17) is 4.74 Å². The number of aromatic nitrogens is 1. The highest BCUT2D eigenvalue weighted by Gasteiger charge is 2.23. The second-order valence-corrected chi connectivity index (χ2v) is 6.90. The Bertz CT molecular complexity index is 972. The van der Waals surface area contributed by atoms with E-state index in [0.29, 0.717) is 0 Å². The minimum absolute atomic E-state index is 0.0535. The molecule has 3 aromatic rings. The number of hydrogen-bond acceptors (Lipinski definition) is 3. The van der Waals surface area contributed by atoms with Gasteiger partial charge in [-0.25, -0.2) is 0 Å². The van der Waals surface area contributed by atoms with Crippen LogP contribution in [0.1, 0.15) is 27.2 Å². The Hall–Kier alpha value is -2.59. The lowest BCUT2D eigenvalue weighted by atomic mass is 10.0. The van der Waals surface area contributed by atoms with Gasteiger partial charge in [0.05, 0.1) is 5.56 Å². The molecule has 0 saturated carbocycles. The van der Waals surface area contributed by atoms with Gasteiger partial charge < -0.3 is 14.6 Å². The molecule has 2 aromatic carbocycles. The van der Waals surface area contributed by atoms with E-state index in [1.54, 1.807) is 0 Å². The van der Waals surface area contributed by atoms with Crippen LogP contribution in [0, 0.1) is 13.8 Å². The van der Waals surface area contributed by atoms with Crippen LogP contribution >= 0.6 is 0 Å². The van der Waals surface area contributed by atoms with E-state index in [1.165, 1.54) is 5.56 Å². The van der Waals surface area contributed by atoms with Crippen LogP contribution < -0.4 is 10.1 Å². The lowest BCUT2D eigenvalue weighted by Gasteiger charge is -2.11. The Balaban J connectivity index is 1.68. The zero-order chi connectivity index (χ0) is 18.1. The molecule has 4 rings (SSSR count). The second kappa shape index (κ2) is 6.96. The molecule has 0 fully saturated rings. The van der Waals surface area contributed by atoms with E-state index in [-0.39, 0.29) is 12.4 Å². The number of nitrogens with zero attached hydrogens (tertiary/aromatic N) is 1. The van der Waals surface area contributed by atoms with Gasteiger partial charge in [0, 0.05) is 42.7 Å². The first-order valence-corrected chi connectivity index (χ1v) is 9.20. The minimum Gasteiger partial charge on any atom is -0.485 e. The summed E-state index contributed by atoms with van der Waals surface area (Å²) in [6.07, 6.45) is 0.860. The van der Waals surface area contributed by atoms with Crippen molar-refractivity contribution in [3.8, 4) is 5.75 Å². The summed E-state index contributed by atoms with van der Waals surface area (Å²) in [5.41, 5.74) is 5.36. The van der Waals surface area contributed by atoms with Crippen molar-refractivity contribution in [3.63, 3.8) is 0 Å². The van der Waals surface area contributed by atoms with E-state index in [2.05, 4.69) is 35.0 Å². The van der Waals surface area contributed by atoms with Gasteiger partial charge in [-0.1, -0.05) is 30.3 Å². The Kier molecular flexibility index (Phi) is 4.51. The summed E-state index contributed by atoms with van der Waals surface area (Å²) >= 11 is 0. The molecule has 1 aromatic heterocycles. The Morgan fingerprint density at radius 2 is 1.96 bits per heavy atom. The maximum atomic E-state index is 13.1. The first-order valence-electron chi connectivity index (χ1n) is 9.20. The van der Waals surface area contributed by atoms with Crippen LogP contribution in [0.25, 0.3) is 10.9 Å². The zero-order valence-corrected chi connectivity index (χ0v) is 15.3. The Morgan fingerprint density at radius 1 is 1.12 bits per heavy atom. The molecule has 1 aliphatic rings.